The smallest absolute Gasteiger partial charge is 0.0631 e. The molecule has 1 heterocycles. The van der Waals surface area contributed by atoms with Crippen LogP contribution >= 0.6 is 0 Å². The second kappa shape index (κ2) is 5.71. The van der Waals surface area contributed by atoms with Gasteiger partial charge < -0.3 is 10.1 Å². The molecule has 0 radical (unpaired) electrons. The van der Waals surface area contributed by atoms with Crippen LogP contribution in [0, 0.1) is 5.92 Å². The second-order valence-electron chi connectivity index (χ2n) is 6.65. The maximum absolute atomic E-state index is 6.14. The number of hydrogen-bond acceptors (Lipinski definition) is 2. The molecule has 1 N–H and O–H groups in total. The van der Waals surface area contributed by atoms with E-state index >= 15 is 0 Å². The predicted molar refractivity (Wildman–Crippen MR) is 72.2 cm³/mol. The molecule has 0 bridgehead atoms. The molecular weight excluding hydrogens is 210 g/mol. The Balaban J connectivity index is 1.81. The van der Waals surface area contributed by atoms with Gasteiger partial charge in [0.1, 0.15) is 0 Å². The lowest BCUT2D eigenvalue weighted by Crippen LogP contribution is -2.28. The van der Waals surface area contributed by atoms with Crippen LogP contribution < -0.4 is 5.32 Å². The summed E-state index contributed by atoms with van der Waals surface area (Å²) in [5, 5.41) is 3.47. The normalized spacial score (nSPS) is 37.9. The molecule has 1 aliphatic carbocycles. The van der Waals surface area contributed by atoms with Crippen LogP contribution in [0.5, 0.6) is 0 Å². The molecule has 2 heteroatoms. The highest BCUT2D eigenvalue weighted by atomic mass is 16.5. The lowest BCUT2D eigenvalue weighted by Gasteiger charge is -2.24. The first-order valence-electron chi connectivity index (χ1n) is 7.44. The Bertz CT molecular complexity index is 239. The Morgan fingerprint density at radius 2 is 1.94 bits per heavy atom. The third-order valence-electron chi connectivity index (χ3n) is 4.59. The first-order valence-corrected chi connectivity index (χ1v) is 7.44. The molecule has 0 aromatic heterocycles. The Morgan fingerprint density at radius 1 is 1.18 bits per heavy atom. The van der Waals surface area contributed by atoms with Crippen molar-refractivity contribution in [3.63, 3.8) is 0 Å². The fraction of sp³-hybridized carbons (Fsp3) is 1.00. The minimum absolute atomic E-state index is 0.137. The van der Waals surface area contributed by atoms with Crippen molar-refractivity contribution in [1.82, 2.24) is 5.32 Å². The Kier molecular flexibility index (Phi) is 4.48. The van der Waals surface area contributed by atoms with Crippen molar-refractivity contribution in [2.75, 3.05) is 7.05 Å². The van der Waals surface area contributed by atoms with Gasteiger partial charge in [0.2, 0.25) is 0 Å². The van der Waals surface area contributed by atoms with Crippen molar-refractivity contribution in [1.29, 1.82) is 0 Å². The SMILES string of the molecule is CNC1CCCCC(CC2CCC(C)(C)O2)C1. The van der Waals surface area contributed by atoms with Gasteiger partial charge in [0, 0.05) is 6.04 Å². The van der Waals surface area contributed by atoms with Gasteiger partial charge in [-0.15, -0.1) is 0 Å². The average molecular weight is 239 g/mol. The molecule has 0 spiro atoms. The van der Waals surface area contributed by atoms with Crippen LogP contribution in [0.2, 0.25) is 0 Å². The van der Waals surface area contributed by atoms with Gasteiger partial charge in [0.25, 0.3) is 0 Å². The minimum Gasteiger partial charge on any atom is -0.372 e. The molecule has 100 valence electrons. The van der Waals surface area contributed by atoms with Gasteiger partial charge in [0.15, 0.2) is 0 Å². The van der Waals surface area contributed by atoms with Crippen LogP contribution in [-0.4, -0.2) is 24.8 Å². The summed E-state index contributed by atoms with van der Waals surface area (Å²) in [6.45, 7) is 4.47. The quantitative estimate of drug-likeness (QED) is 0.761. The fourth-order valence-corrected chi connectivity index (χ4v) is 3.55. The summed E-state index contributed by atoms with van der Waals surface area (Å²) in [5.41, 5.74) is 0.137. The van der Waals surface area contributed by atoms with Crippen LogP contribution in [0.15, 0.2) is 0 Å². The molecule has 1 saturated heterocycles. The maximum Gasteiger partial charge on any atom is 0.0631 e. The summed E-state index contributed by atoms with van der Waals surface area (Å²) in [5.74, 6) is 0.883. The van der Waals surface area contributed by atoms with Crippen molar-refractivity contribution >= 4 is 0 Å². The van der Waals surface area contributed by atoms with Crippen molar-refractivity contribution < 1.29 is 4.74 Å². The zero-order valence-electron chi connectivity index (χ0n) is 11.8. The topological polar surface area (TPSA) is 21.3 Å². The molecule has 0 amide bonds. The summed E-state index contributed by atoms with van der Waals surface area (Å²) in [6.07, 6.45) is 11.3. The van der Waals surface area contributed by atoms with Gasteiger partial charge in [-0.2, -0.15) is 0 Å². The van der Waals surface area contributed by atoms with E-state index in [1.54, 1.807) is 0 Å². The fourth-order valence-electron chi connectivity index (χ4n) is 3.55. The number of hydrogen-bond donors (Lipinski definition) is 1. The third kappa shape index (κ3) is 3.96. The van der Waals surface area contributed by atoms with E-state index in [1.165, 1.54) is 51.4 Å². The average Bonchev–Trinajstić information content (AvgIpc) is 2.51. The van der Waals surface area contributed by atoms with Crippen molar-refractivity contribution in [3.05, 3.63) is 0 Å². The summed E-state index contributed by atoms with van der Waals surface area (Å²) >= 11 is 0. The van der Waals surface area contributed by atoms with E-state index in [-0.39, 0.29) is 5.60 Å². The molecule has 3 atom stereocenters. The minimum atomic E-state index is 0.137. The number of nitrogens with one attached hydrogen (secondary N) is 1. The highest BCUT2D eigenvalue weighted by Crippen LogP contribution is 2.35. The maximum atomic E-state index is 6.14. The highest BCUT2D eigenvalue weighted by molar-refractivity contribution is 4.84. The van der Waals surface area contributed by atoms with Crippen LogP contribution in [0.4, 0.5) is 0 Å². The van der Waals surface area contributed by atoms with Crippen LogP contribution in [0.3, 0.4) is 0 Å². The lowest BCUT2D eigenvalue weighted by molar-refractivity contribution is -0.0256. The van der Waals surface area contributed by atoms with Crippen molar-refractivity contribution in [3.8, 4) is 0 Å². The molecule has 1 saturated carbocycles. The Hall–Kier alpha value is -0.0800. The highest BCUT2D eigenvalue weighted by Gasteiger charge is 2.33. The predicted octanol–water partition coefficient (Wildman–Crippen LogP) is 3.50. The Morgan fingerprint density at radius 3 is 2.59 bits per heavy atom. The molecule has 3 unspecified atom stereocenters. The monoisotopic (exact) mass is 239 g/mol. The van der Waals surface area contributed by atoms with E-state index < -0.39 is 0 Å². The second-order valence-corrected chi connectivity index (χ2v) is 6.65. The first-order chi connectivity index (χ1) is 8.09. The van der Waals surface area contributed by atoms with Gasteiger partial charge >= 0.3 is 0 Å². The molecule has 0 aromatic carbocycles. The molecule has 2 fully saturated rings. The number of ether oxygens (including phenoxy) is 1. The third-order valence-corrected chi connectivity index (χ3v) is 4.59. The van der Waals surface area contributed by atoms with Gasteiger partial charge in [-0.25, -0.2) is 0 Å². The summed E-state index contributed by atoms with van der Waals surface area (Å²) in [4.78, 5) is 0. The largest absolute Gasteiger partial charge is 0.372 e. The van der Waals surface area contributed by atoms with Gasteiger partial charge in [-0.1, -0.05) is 19.3 Å². The van der Waals surface area contributed by atoms with E-state index in [9.17, 15) is 0 Å². The van der Waals surface area contributed by atoms with Gasteiger partial charge in [-0.3, -0.25) is 0 Å². The molecule has 2 rings (SSSR count). The standard InChI is InChI=1S/C15H29NO/c1-15(2)9-8-14(17-15)11-12-6-4-5-7-13(10-12)16-3/h12-14,16H,4-11H2,1-3H3. The van der Waals surface area contributed by atoms with E-state index in [4.69, 9.17) is 4.74 Å². The van der Waals surface area contributed by atoms with E-state index in [2.05, 4.69) is 26.2 Å². The number of rotatable bonds is 3. The van der Waals surface area contributed by atoms with Gasteiger partial charge in [-0.05, 0) is 58.9 Å². The lowest BCUT2D eigenvalue weighted by atomic mass is 9.91. The van der Waals surface area contributed by atoms with Crippen molar-refractivity contribution in [2.45, 2.75) is 83.0 Å². The van der Waals surface area contributed by atoms with Crippen molar-refractivity contribution in [2.24, 2.45) is 5.92 Å². The van der Waals surface area contributed by atoms with Crippen LogP contribution in [-0.2, 0) is 4.74 Å². The summed E-state index contributed by atoms with van der Waals surface area (Å²) < 4.78 is 6.14. The van der Waals surface area contributed by atoms with Crippen LogP contribution in [0.1, 0.15) is 65.2 Å². The zero-order valence-corrected chi connectivity index (χ0v) is 11.8. The summed E-state index contributed by atoms with van der Waals surface area (Å²) in [6, 6.07) is 0.747. The van der Waals surface area contributed by atoms with Gasteiger partial charge in [0.05, 0.1) is 11.7 Å². The molecule has 2 nitrogen and oxygen atoms in total. The van der Waals surface area contributed by atoms with E-state index in [0.717, 1.165) is 12.0 Å². The molecule has 17 heavy (non-hydrogen) atoms. The molecule has 1 aliphatic heterocycles. The first kappa shape index (κ1) is 13.4. The molecular formula is C15H29NO. The Labute approximate surface area is 107 Å². The van der Waals surface area contributed by atoms with Crippen LogP contribution in [0.25, 0.3) is 0 Å². The zero-order chi connectivity index (χ0) is 12.3. The molecule has 2 aliphatic rings. The molecule has 0 aromatic rings. The summed E-state index contributed by atoms with van der Waals surface area (Å²) in [7, 11) is 2.11. The van der Waals surface area contributed by atoms with E-state index in [1.807, 2.05) is 0 Å². The van der Waals surface area contributed by atoms with E-state index in [0.29, 0.717) is 6.10 Å².